The van der Waals surface area contributed by atoms with E-state index in [1.807, 2.05) is 0 Å². The first kappa shape index (κ1) is 92.8. The van der Waals surface area contributed by atoms with Gasteiger partial charge in [0.2, 0.25) is 11.8 Å². The molecule has 0 heterocycles. The number of carbonyl (C=O) groups is 7. The Morgan fingerprint density at radius 1 is 0.333 bits per heavy atom. The molecule has 0 aliphatic rings. The maximum Gasteiger partial charge on any atom is 0.697 e. The summed E-state index contributed by atoms with van der Waals surface area (Å²) in [4.78, 5) is 89.8. The fourth-order valence-electron chi connectivity index (χ4n) is 11.8. The van der Waals surface area contributed by atoms with Crippen molar-refractivity contribution in [3.63, 3.8) is 0 Å². The van der Waals surface area contributed by atoms with E-state index < -0.39 is 46.4 Å². The first-order valence-electron chi connectivity index (χ1n) is 38.9. The summed E-state index contributed by atoms with van der Waals surface area (Å²) in [5.74, 6) is -0.438. The van der Waals surface area contributed by atoms with Gasteiger partial charge in [0.15, 0.2) is 0 Å². The Morgan fingerprint density at radius 2 is 0.635 bits per heavy atom. The zero-order valence-corrected chi connectivity index (χ0v) is 63.6. The molecule has 0 saturated carbocycles. The van der Waals surface area contributed by atoms with Gasteiger partial charge < -0.3 is 35.5 Å². The molecule has 0 aromatic rings. The molecule has 0 fully saturated rings. The first-order chi connectivity index (χ1) is 46.6. The highest BCUT2D eigenvalue weighted by atomic mass is 31.1. The number of ether oxygens (including phenoxy) is 2. The van der Waals surface area contributed by atoms with Gasteiger partial charge in [0, 0.05) is 67.5 Å². The number of urea groups is 1. The summed E-state index contributed by atoms with van der Waals surface area (Å²) in [5.41, 5.74) is 0. The normalized spacial score (nSPS) is 13.0. The number of Topliss-reactive ketones (excluding diaryl/α,β-unsaturated/α-hetero) is 4. The van der Waals surface area contributed by atoms with Crippen LogP contribution < -0.4 is 21.3 Å². The minimum absolute atomic E-state index is 0.0256. The minimum Gasteiger partial charge on any atom is -0.379 e. The molecule has 0 aliphatic heterocycles. The summed E-state index contributed by atoms with van der Waals surface area (Å²) >= 11 is 0. The lowest BCUT2D eigenvalue weighted by Gasteiger charge is -2.19. The number of hydrogen-bond acceptors (Lipinski definition) is 15. The van der Waals surface area contributed by atoms with E-state index in [2.05, 4.69) is 55.9 Å². The molecule has 4 N–H and O–H groups in total. The Labute approximate surface area is 586 Å². The molecule has 0 aromatic heterocycles. The maximum atomic E-state index is 13.2. The van der Waals surface area contributed by atoms with Gasteiger partial charge in [-0.1, -0.05) is 253 Å². The Bertz CT molecular complexity index is 1950. The Morgan fingerprint density at radius 3 is 0.969 bits per heavy atom. The molecule has 0 radical (unpaired) electrons. The molecule has 96 heavy (non-hydrogen) atoms. The second-order valence-corrected chi connectivity index (χ2v) is 29.0. The van der Waals surface area contributed by atoms with Crippen molar-refractivity contribution in [1.82, 2.24) is 21.3 Å². The van der Waals surface area contributed by atoms with Crippen molar-refractivity contribution in [2.45, 2.75) is 362 Å². The van der Waals surface area contributed by atoms with E-state index in [1.165, 1.54) is 135 Å². The van der Waals surface area contributed by atoms with Crippen LogP contribution in [0.1, 0.15) is 350 Å². The van der Waals surface area contributed by atoms with E-state index in [1.54, 1.807) is 6.92 Å². The molecule has 0 saturated heterocycles. The van der Waals surface area contributed by atoms with Gasteiger partial charge in [-0.2, -0.15) is 0 Å². The van der Waals surface area contributed by atoms with Gasteiger partial charge in [-0.25, -0.2) is 4.79 Å². The van der Waals surface area contributed by atoms with Crippen molar-refractivity contribution >= 4 is 57.5 Å². The molecule has 0 spiro atoms. The van der Waals surface area contributed by atoms with Crippen molar-refractivity contribution < 1.29 is 70.3 Å². The van der Waals surface area contributed by atoms with Crippen molar-refractivity contribution in [2.75, 3.05) is 65.9 Å². The van der Waals surface area contributed by atoms with Crippen LogP contribution in [0.4, 0.5) is 4.79 Å². The minimum atomic E-state index is -2.68. The van der Waals surface area contributed by atoms with Crippen LogP contribution in [-0.4, -0.2) is 119 Å². The number of amides is 4. The van der Waals surface area contributed by atoms with Gasteiger partial charge in [0.25, 0.3) is 0 Å². The fourth-order valence-corrected chi connectivity index (χ4v) is 13.0. The van der Waals surface area contributed by atoms with E-state index in [9.17, 15) is 42.7 Å². The average Bonchev–Trinajstić information content (AvgIpc) is 2.33. The van der Waals surface area contributed by atoms with Crippen LogP contribution in [0.2, 0.25) is 0 Å². The number of carbonyl (C=O) groups excluding carboxylic acids is 7. The number of rotatable bonds is 76. The highest BCUT2D eigenvalue weighted by molar-refractivity contribution is 7.33. The summed E-state index contributed by atoms with van der Waals surface area (Å²) in [7, 11) is -5.36. The zero-order valence-electron chi connectivity index (χ0n) is 61.8. The third-order valence-electron chi connectivity index (χ3n) is 17.6. The number of nitrogens with one attached hydrogen (secondary N) is 4. The number of unbranched alkanes of at least 4 members (excludes halogenated alkanes) is 32. The van der Waals surface area contributed by atoms with E-state index in [4.69, 9.17) is 27.6 Å². The zero-order chi connectivity index (χ0) is 70.6. The van der Waals surface area contributed by atoms with Gasteiger partial charge in [-0.05, 0) is 63.7 Å². The molecule has 21 heteroatoms. The van der Waals surface area contributed by atoms with Gasteiger partial charge >= 0.3 is 22.5 Å². The van der Waals surface area contributed by atoms with Gasteiger partial charge in [0.05, 0.1) is 38.1 Å². The summed E-state index contributed by atoms with van der Waals surface area (Å²) < 4.78 is 59.6. The van der Waals surface area contributed by atoms with Crippen LogP contribution in [0.5, 0.6) is 0 Å². The van der Waals surface area contributed by atoms with E-state index in [0.29, 0.717) is 63.9 Å². The monoisotopic (exact) mass is 1400 g/mol. The molecule has 19 nitrogen and oxygen atoms in total. The summed E-state index contributed by atoms with van der Waals surface area (Å²) in [6.45, 7) is 12.5. The quantitative estimate of drug-likeness (QED) is 0.0251. The molecule has 6 atom stereocenters. The highest BCUT2D eigenvalue weighted by Gasteiger charge is 2.28. The largest absolute Gasteiger partial charge is 0.697 e. The molecule has 0 rings (SSSR count). The van der Waals surface area contributed by atoms with Crippen molar-refractivity contribution in [3.05, 3.63) is 0 Å². The summed E-state index contributed by atoms with van der Waals surface area (Å²) in [6, 6.07) is -2.08. The summed E-state index contributed by atoms with van der Waals surface area (Å²) in [5, 5.41) is 10.8. The predicted molar refractivity (Wildman–Crippen MR) is 389 cm³/mol. The van der Waals surface area contributed by atoms with Crippen LogP contribution in [0, 0.1) is 11.8 Å². The molecular formula is C75H142N4O15P2+2. The van der Waals surface area contributed by atoms with Crippen molar-refractivity contribution in [1.29, 1.82) is 0 Å². The molecule has 0 bridgehead atoms. The second-order valence-electron chi connectivity index (χ2n) is 27.1. The third kappa shape index (κ3) is 65.5. The standard InChI is InChI=1S/C75H140N4O15P2/c1-7-12-17-22-25-28-31-36-41-46-70(81)58-67(45-40-35-21-16-11-5)50-54-90-62-69(79-74(85)60-72(83)48-43-38-33-30-27-24-19-14-9-3)64-94-96(88)92-56-52-77-75(86)76-51-55-91-95(87)93-63-68(61-89-53-49-66(57-65(6)80)44-39-34-20-15-10-4)78-73(84)59-71(82)47-42-37-32-29-26-23-18-13-8-2/h66-69H,7-64H2,1-6H3,(H2-2,76,77,78,79,84,85,86)/p+2. The lowest BCUT2D eigenvalue weighted by molar-refractivity contribution is -0.130. The Balaban J connectivity index is 5.33. The number of ketones is 4. The first-order valence-corrected chi connectivity index (χ1v) is 41.1. The SMILES string of the molecule is CCCCCCCCCCCC(=O)CC(=O)NC(COCCC(CCCCCCC)CC(C)=O)CO[P+](=O)OCCNC(=O)NCCO[P+](=O)OCC(COCCC(CCCCCCC)CC(=O)CCCCCCCCCCC)NC(=O)CC(=O)CCCCCCCCCCC. The van der Waals surface area contributed by atoms with Crippen LogP contribution in [0.25, 0.3) is 0 Å². The van der Waals surface area contributed by atoms with E-state index in [0.717, 1.165) is 116 Å². The van der Waals surface area contributed by atoms with Crippen LogP contribution in [0.3, 0.4) is 0 Å². The van der Waals surface area contributed by atoms with Crippen LogP contribution in [-0.2, 0) is 65.5 Å². The van der Waals surface area contributed by atoms with Gasteiger partial charge in [-0.3, -0.25) is 24.0 Å². The van der Waals surface area contributed by atoms with Gasteiger partial charge in [-0.15, -0.1) is 18.1 Å². The topological polar surface area (TPSA) is 257 Å². The Kier molecular flexibility index (Phi) is 68.0. The molecular weight excluding hydrogens is 1260 g/mol. The van der Waals surface area contributed by atoms with Crippen molar-refractivity contribution in [2.24, 2.45) is 11.8 Å². The lowest BCUT2D eigenvalue weighted by atomic mass is 9.91. The average molecular weight is 1400 g/mol. The van der Waals surface area contributed by atoms with E-state index >= 15 is 0 Å². The summed E-state index contributed by atoms with van der Waals surface area (Å²) in [6.07, 6.45) is 47.3. The third-order valence-corrected chi connectivity index (χ3v) is 19.1. The smallest absolute Gasteiger partial charge is 0.379 e. The molecule has 0 aromatic carbocycles. The predicted octanol–water partition coefficient (Wildman–Crippen LogP) is 19.0. The van der Waals surface area contributed by atoms with E-state index in [-0.39, 0.29) is 94.8 Å². The molecule has 4 amide bonds. The van der Waals surface area contributed by atoms with Crippen molar-refractivity contribution in [3.8, 4) is 0 Å². The second kappa shape index (κ2) is 70.3. The van der Waals surface area contributed by atoms with Crippen LogP contribution >= 0.6 is 16.5 Å². The lowest BCUT2D eigenvalue weighted by Crippen LogP contribution is -2.42. The van der Waals surface area contributed by atoms with Gasteiger partial charge in [0.1, 0.15) is 49.6 Å². The molecule has 560 valence electrons. The Hall–Kier alpha value is -3.15. The fraction of sp³-hybridized carbons (Fsp3) is 0.907. The number of hydrogen-bond donors (Lipinski definition) is 4. The van der Waals surface area contributed by atoms with Crippen LogP contribution in [0.15, 0.2) is 0 Å². The highest BCUT2D eigenvalue weighted by Crippen LogP contribution is 2.26. The maximum absolute atomic E-state index is 13.2. The molecule has 0 aliphatic carbocycles. The molecule has 6 unspecified atom stereocenters.